The highest BCUT2D eigenvalue weighted by Gasteiger charge is 2.19. The minimum atomic E-state index is 0.314. The summed E-state index contributed by atoms with van der Waals surface area (Å²) in [6.07, 6.45) is 7.33. The molecule has 0 bridgehead atoms. The molecular weight excluding hydrogens is 282 g/mol. The lowest BCUT2D eigenvalue weighted by molar-refractivity contribution is 0.636. The summed E-state index contributed by atoms with van der Waals surface area (Å²) in [5.74, 6) is 0. The van der Waals surface area contributed by atoms with Crippen LogP contribution < -0.4 is 0 Å². The van der Waals surface area contributed by atoms with E-state index in [4.69, 9.17) is 11.6 Å². The Morgan fingerprint density at radius 3 is 3.10 bits per heavy atom. The third-order valence-electron chi connectivity index (χ3n) is 4.30. The summed E-state index contributed by atoms with van der Waals surface area (Å²) >= 11 is 6.03. The van der Waals surface area contributed by atoms with E-state index in [2.05, 4.69) is 45.9 Å². The van der Waals surface area contributed by atoms with Crippen molar-refractivity contribution < 1.29 is 0 Å². The molecular formula is C17H16ClN3. The normalized spacial score (nSPS) is 13.8. The highest BCUT2D eigenvalue weighted by atomic mass is 35.5. The Labute approximate surface area is 128 Å². The van der Waals surface area contributed by atoms with E-state index < -0.39 is 0 Å². The standard InChI is InChI=1S/C17H16ClN3/c1-2-11-9-19-17(18)20-15(11)14-10-21-8-4-6-12-5-3-7-13(14)16(12)21/h3,5,7,9-10H,2,4,6,8H2,1H3. The van der Waals surface area contributed by atoms with Crippen molar-refractivity contribution in [1.82, 2.24) is 14.5 Å². The third kappa shape index (κ3) is 1.95. The molecule has 0 radical (unpaired) electrons. The average Bonchev–Trinajstić information content (AvgIpc) is 2.89. The second-order valence-electron chi connectivity index (χ2n) is 5.52. The van der Waals surface area contributed by atoms with Gasteiger partial charge in [0.1, 0.15) is 0 Å². The fourth-order valence-corrected chi connectivity index (χ4v) is 3.45. The van der Waals surface area contributed by atoms with Crippen molar-refractivity contribution in [1.29, 1.82) is 0 Å². The molecule has 3 nitrogen and oxygen atoms in total. The summed E-state index contributed by atoms with van der Waals surface area (Å²) in [4.78, 5) is 8.62. The van der Waals surface area contributed by atoms with E-state index in [1.54, 1.807) is 0 Å². The lowest BCUT2D eigenvalue weighted by atomic mass is 10.0. The molecule has 0 saturated heterocycles. The predicted octanol–water partition coefficient (Wildman–Crippen LogP) is 4.26. The van der Waals surface area contributed by atoms with Gasteiger partial charge in [-0.05, 0) is 42.0 Å². The van der Waals surface area contributed by atoms with Gasteiger partial charge in [0.25, 0.3) is 0 Å². The minimum Gasteiger partial charge on any atom is -0.347 e. The molecule has 4 heteroatoms. The van der Waals surface area contributed by atoms with Crippen molar-refractivity contribution >= 4 is 22.5 Å². The Morgan fingerprint density at radius 2 is 2.24 bits per heavy atom. The van der Waals surface area contributed by atoms with Gasteiger partial charge in [-0.25, -0.2) is 9.97 Å². The van der Waals surface area contributed by atoms with Gasteiger partial charge in [-0.3, -0.25) is 0 Å². The first-order valence-electron chi connectivity index (χ1n) is 7.40. The van der Waals surface area contributed by atoms with Gasteiger partial charge in [0, 0.05) is 29.9 Å². The van der Waals surface area contributed by atoms with Crippen LogP contribution in [-0.2, 0) is 19.4 Å². The molecule has 0 spiro atoms. The van der Waals surface area contributed by atoms with Crippen molar-refractivity contribution in [2.24, 2.45) is 0 Å². The Hall–Kier alpha value is -1.87. The molecule has 4 rings (SSSR count). The van der Waals surface area contributed by atoms with Gasteiger partial charge < -0.3 is 4.57 Å². The van der Waals surface area contributed by atoms with Crippen molar-refractivity contribution in [2.75, 3.05) is 0 Å². The Morgan fingerprint density at radius 1 is 1.33 bits per heavy atom. The second kappa shape index (κ2) is 4.85. The molecule has 3 heterocycles. The zero-order valence-electron chi connectivity index (χ0n) is 11.9. The van der Waals surface area contributed by atoms with Crippen LogP contribution in [0.3, 0.4) is 0 Å². The van der Waals surface area contributed by atoms with Crippen LogP contribution in [0.1, 0.15) is 24.5 Å². The molecule has 1 aromatic carbocycles. The van der Waals surface area contributed by atoms with Crippen molar-refractivity contribution in [3.05, 3.63) is 47.0 Å². The largest absolute Gasteiger partial charge is 0.347 e. The average molecular weight is 298 g/mol. The lowest BCUT2D eigenvalue weighted by Gasteiger charge is -2.14. The van der Waals surface area contributed by atoms with Crippen LogP contribution >= 0.6 is 11.6 Å². The highest BCUT2D eigenvalue weighted by Crippen LogP contribution is 2.36. The molecule has 0 unspecified atom stereocenters. The SMILES string of the molecule is CCc1cnc(Cl)nc1-c1cn2c3c(cccc13)CCC2. The Bertz CT molecular complexity index is 835. The van der Waals surface area contributed by atoms with E-state index in [0.29, 0.717) is 5.28 Å². The molecule has 2 aromatic heterocycles. The monoisotopic (exact) mass is 297 g/mol. The fraction of sp³-hybridized carbons (Fsp3) is 0.294. The van der Waals surface area contributed by atoms with E-state index in [1.165, 1.54) is 28.5 Å². The number of halogens is 1. The van der Waals surface area contributed by atoms with Crippen LogP contribution in [0.2, 0.25) is 5.28 Å². The van der Waals surface area contributed by atoms with Crippen LogP contribution in [-0.4, -0.2) is 14.5 Å². The minimum absolute atomic E-state index is 0.314. The molecule has 106 valence electrons. The zero-order valence-corrected chi connectivity index (χ0v) is 12.7. The highest BCUT2D eigenvalue weighted by molar-refractivity contribution is 6.28. The molecule has 0 fully saturated rings. The van der Waals surface area contributed by atoms with Crippen LogP contribution in [0.15, 0.2) is 30.6 Å². The first-order valence-corrected chi connectivity index (χ1v) is 7.78. The Kier molecular flexibility index (Phi) is 2.96. The van der Waals surface area contributed by atoms with Gasteiger partial charge >= 0.3 is 0 Å². The van der Waals surface area contributed by atoms with E-state index in [1.807, 2.05) is 6.20 Å². The van der Waals surface area contributed by atoms with Gasteiger partial charge in [-0.1, -0.05) is 25.1 Å². The van der Waals surface area contributed by atoms with Gasteiger partial charge in [-0.15, -0.1) is 0 Å². The number of hydrogen-bond donors (Lipinski definition) is 0. The summed E-state index contributed by atoms with van der Waals surface area (Å²) in [5, 5.41) is 1.59. The predicted molar refractivity (Wildman–Crippen MR) is 85.7 cm³/mol. The molecule has 3 aromatic rings. The summed E-state index contributed by atoms with van der Waals surface area (Å²) in [5.41, 5.74) is 6.08. The number of para-hydroxylation sites is 1. The summed E-state index contributed by atoms with van der Waals surface area (Å²) in [6, 6.07) is 6.56. The molecule has 0 amide bonds. The van der Waals surface area contributed by atoms with Gasteiger partial charge in [0.2, 0.25) is 5.28 Å². The Balaban J connectivity index is 2.05. The first-order chi connectivity index (χ1) is 10.3. The van der Waals surface area contributed by atoms with Crippen molar-refractivity contribution in [3.8, 4) is 11.3 Å². The molecule has 1 aliphatic heterocycles. The smallest absolute Gasteiger partial charge is 0.222 e. The van der Waals surface area contributed by atoms with Gasteiger partial charge in [-0.2, -0.15) is 0 Å². The number of benzene rings is 1. The van der Waals surface area contributed by atoms with E-state index in [0.717, 1.165) is 30.6 Å². The third-order valence-corrected chi connectivity index (χ3v) is 4.48. The second-order valence-corrected chi connectivity index (χ2v) is 5.86. The quantitative estimate of drug-likeness (QED) is 0.662. The maximum atomic E-state index is 6.03. The van der Waals surface area contributed by atoms with Gasteiger partial charge in [0.05, 0.1) is 11.2 Å². The van der Waals surface area contributed by atoms with Crippen LogP contribution in [0, 0.1) is 0 Å². The van der Waals surface area contributed by atoms with E-state index >= 15 is 0 Å². The van der Waals surface area contributed by atoms with Crippen LogP contribution in [0.25, 0.3) is 22.2 Å². The first kappa shape index (κ1) is 12.8. The summed E-state index contributed by atoms with van der Waals surface area (Å²) < 4.78 is 2.36. The molecule has 21 heavy (non-hydrogen) atoms. The number of rotatable bonds is 2. The topological polar surface area (TPSA) is 30.7 Å². The molecule has 0 saturated carbocycles. The maximum absolute atomic E-state index is 6.03. The van der Waals surface area contributed by atoms with E-state index in [-0.39, 0.29) is 0 Å². The molecule has 0 atom stereocenters. The molecule has 0 aliphatic carbocycles. The lowest BCUT2D eigenvalue weighted by Crippen LogP contribution is -2.05. The summed E-state index contributed by atoms with van der Waals surface area (Å²) in [6.45, 7) is 3.20. The van der Waals surface area contributed by atoms with Crippen LogP contribution in [0.4, 0.5) is 0 Å². The number of nitrogens with zero attached hydrogens (tertiary/aromatic N) is 3. The van der Waals surface area contributed by atoms with E-state index in [9.17, 15) is 0 Å². The van der Waals surface area contributed by atoms with Gasteiger partial charge in [0.15, 0.2) is 0 Å². The molecule has 1 aliphatic rings. The number of aryl methyl sites for hydroxylation is 3. The number of hydrogen-bond acceptors (Lipinski definition) is 2. The van der Waals surface area contributed by atoms with Crippen molar-refractivity contribution in [2.45, 2.75) is 32.7 Å². The fourth-order valence-electron chi connectivity index (χ4n) is 3.32. The van der Waals surface area contributed by atoms with Crippen molar-refractivity contribution in [3.63, 3.8) is 0 Å². The van der Waals surface area contributed by atoms with Crippen LogP contribution in [0.5, 0.6) is 0 Å². The maximum Gasteiger partial charge on any atom is 0.222 e. The number of aromatic nitrogens is 3. The molecule has 0 N–H and O–H groups in total. The summed E-state index contributed by atoms with van der Waals surface area (Å²) in [7, 11) is 0. The zero-order chi connectivity index (χ0) is 14.4.